The van der Waals surface area contributed by atoms with Crippen LogP contribution in [0, 0.1) is 11.3 Å². The van der Waals surface area contributed by atoms with Gasteiger partial charge in [-0.15, -0.1) is 0 Å². The molecule has 6 nitrogen and oxygen atoms in total. The molecule has 0 heterocycles. The largest absolute Gasteiger partial charge is 0.466 e. The quantitative estimate of drug-likeness (QED) is 0.0501. The number of ether oxygens (including phenoxy) is 2. The molecule has 0 aromatic rings. The molecular formula is C45H89NO5. The molecule has 0 radical (unpaired) electrons. The molecule has 0 fully saturated rings. The van der Waals surface area contributed by atoms with Crippen molar-refractivity contribution < 1.29 is 24.2 Å². The van der Waals surface area contributed by atoms with E-state index in [9.17, 15) is 14.7 Å². The predicted octanol–water partition coefficient (Wildman–Crippen LogP) is 12.8. The minimum absolute atomic E-state index is 0.0164. The van der Waals surface area contributed by atoms with Crippen molar-refractivity contribution in [1.82, 2.24) is 4.90 Å². The van der Waals surface area contributed by atoms with Gasteiger partial charge in [-0.1, -0.05) is 162 Å². The molecule has 0 saturated heterocycles. The van der Waals surface area contributed by atoms with Gasteiger partial charge in [0, 0.05) is 13.0 Å². The first kappa shape index (κ1) is 49.9. The molecule has 0 unspecified atom stereocenters. The smallest absolute Gasteiger partial charge is 0.311 e. The third-order valence-corrected chi connectivity index (χ3v) is 10.7. The van der Waals surface area contributed by atoms with Crippen LogP contribution in [0.15, 0.2) is 0 Å². The first-order chi connectivity index (χ1) is 24.8. The minimum Gasteiger partial charge on any atom is -0.466 e. The topological polar surface area (TPSA) is 76.1 Å². The van der Waals surface area contributed by atoms with E-state index in [1.54, 1.807) is 0 Å². The Morgan fingerprint density at radius 1 is 0.549 bits per heavy atom. The lowest BCUT2D eigenvalue weighted by Crippen LogP contribution is -2.29. The maximum atomic E-state index is 13.1. The molecule has 0 saturated carbocycles. The van der Waals surface area contributed by atoms with Crippen LogP contribution >= 0.6 is 0 Å². The van der Waals surface area contributed by atoms with Crippen LogP contribution in [0.5, 0.6) is 0 Å². The number of hydrogen-bond acceptors (Lipinski definition) is 6. The maximum Gasteiger partial charge on any atom is 0.311 e. The van der Waals surface area contributed by atoms with Crippen LogP contribution in [-0.4, -0.2) is 61.4 Å². The second-order valence-electron chi connectivity index (χ2n) is 16.3. The maximum absolute atomic E-state index is 13.1. The van der Waals surface area contributed by atoms with E-state index in [0.29, 0.717) is 25.6 Å². The van der Waals surface area contributed by atoms with Crippen LogP contribution < -0.4 is 0 Å². The molecule has 0 amide bonds. The molecule has 51 heavy (non-hydrogen) atoms. The number of esters is 2. The number of aliphatic hydroxyl groups is 1. The number of nitrogens with zero attached hydrogens (tertiary/aromatic N) is 1. The van der Waals surface area contributed by atoms with Crippen molar-refractivity contribution in [2.24, 2.45) is 11.3 Å². The minimum atomic E-state index is -0.427. The van der Waals surface area contributed by atoms with Crippen molar-refractivity contribution in [1.29, 1.82) is 0 Å². The van der Waals surface area contributed by atoms with E-state index in [4.69, 9.17) is 9.47 Å². The third kappa shape index (κ3) is 33.2. The Labute approximate surface area is 318 Å². The summed E-state index contributed by atoms with van der Waals surface area (Å²) in [6.07, 6.45) is 35.4. The summed E-state index contributed by atoms with van der Waals surface area (Å²) >= 11 is 0. The fourth-order valence-electron chi connectivity index (χ4n) is 7.06. The lowest BCUT2D eigenvalue weighted by molar-refractivity contribution is -0.156. The van der Waals surface area contributed by atoms with Gasteiger partial charge in [0.25, 0.3) is 0 Å². The van der Waals surface area contributed by atoms with E-state index in [1.807, 2.05) is 0 Å². The molecule has 0 spiro atoms. The van der Waals surface area contributed by atoms with E-state index in [0.717, 1.165) is 83.8 Å². The molecule has 0 atom stereocenters. The van der Waals surface area contributed by atoms with E-state index >= 15 is 0 Å². The lowest BCUT2D eigenvalue weighted by Gasteiger charge is -2.25. The lowest BCUT2D eigenvalue weighted by atomic mass is 9.86. The number of carbonyl (C=O) groups is 2. The van der Waals surface area contributed by atoms with Crippen molar-refractivity contribution in [3.63, 3.8) is 0 Å². The van der Waals surface area contributed by atoms with Gasteiger partial charge in [0.2, 0.25) is 0 Å². The summed E-state index contributed by atoms with van der Waals surface area (Å²) in [5.41, 5.74) is -0.427. The molecule has 0 aromatic heterocycles. The van der Waals surface area contributed by atoms with E-state index < -0.39 is 5.41 Å². The van der Waals surface area contributed by atoms with Gasteiger partial charge in [0.1, 0.15) is 0 Å². The summed E-state index contributed by atoms with van der Waals surface area (Å²) in [5.74, 6) is 0.460. The van der Waals surface area contributed by atoms with E-state index in [-0.39, 0.29) is 18.5 Å². The highest BCUT2D eigenvalue weighted by molar-refractivity contribution is 5.75. The highest BCUT2D eigenvalue weighted by atomic mass is 16.5. The van der Waals surface area contributed by atoms with Gasteiger partial charge < -0.3 is 19.5 Å². The molecule has 0 aliphatic rings. The van der Waals surface area contributed by atoms with Crippen LogP contribution in [0.3, 0.4) is 0 Å². The van der Waals surface area contributed by atoms with Gasteiger partial charge >= 0.3 is 11.9 Å². The third-order valence-electron chi connectivity index (χ3n) is 10.7. The molecule has 0 bridgehead atoms. The highest BCUT2D eigenvalue weighted by Crippen LogP contribution is 2.27. The second-order valence-corrected chi connectivity index (χ2v) is 16.3. The van der Waals surface area contributed by atoms with Gasteiger partial charge in [-0.05, 0) is 77.8 Å². The molecule has 304 valence electrons. The molecule has 0 aliphatic heterocycles. The summed E-state index contributed by atoms with van der Waals surface area (Å²) < 4.78 is 11.4. The predicted molar refractivity (Wildman–Crippen MR) is 218 cm³/mol. The van der Waals surface area contributed by atoms with Crippen molar-refractivity contribution >= 4 is 11.9 Å². The zero-order chi connectivity index (χ0) is 37.7. The summed E-state index contributed by atoms with van der Waals surface area (Å²) in [7, 11) is 0. The summed E-state index contributed by atoms with van der Waals surface area (Å²) in [4.78, 5) is 27.5. The van der Waals surface area contributed by atoms with Gasteiger partial charge in [-0.25, -0.2) is 0 Å². The number of unbranched alkanes of at least 4 members (excludes halogenated alkanes) is 21. The van der Waals surface area contributed by atoms with Gasteiger partial charge in [-0.3, -0.25) is 9.59 Å². The van der Waals surface area contributed by atoms with Gasteiger partial charge in [-0.2, -0.15) is 0 Å². The Balaban J connectivity index is 4.09. The number of carbonyl (C=O) groups excluding carboxylic acids is 2. The van der Waals surface area contributed by atoms with Gasteiger partial charge in [0.05, 0.1) is 25.2 Å². The molecule has 1 N–H and O–H groups in total. The van der Waals surface area contributed by atoms with Crippen molar-refractivity contribution in [3.05, 3.63) is 0 Å². The first-order valence-electron chi connectivity index (χ1n) is 22.5. The summed E-state index contributed by atoms with van der Waals surface area (Å²) in [6, 6.07) is 0. The molecule has 0 aromatic carbocycles. The second kappa shape index (κ2) is 37.2. The standard InChI is InChI=1S/C45H89NO5/c1-6-9-12-15-16-24-31-40-50-43(48)34-27-20-17-22-29-36-46(38-39-47)37-30-23-21-28-35-45(4,5)44(49)51-41-42(32-25-18-13-10-7-2)33-26-19-14-11-8-3/h42,47H,6-41H2,1-5H3. The van der Waals surface area contributed by atoms with Crippen LogP contribution in [0.25, 0.3) is 0 Å². The van der Waals surface area contributed by atoms with Crippen molar-refractivity contribution in [2.75, 3.05) is 39.5 Å². The van der Waals surface area contributed by atoms with Crippen molar-refractivity contribution in [2.45, 2.75) is 227 Å². The number of aliphatic hydroxyl groups excluding tert-OH is 1. The average molecular weight is 724 g/mol. The van der Waals surface area contributed by atoms with Crippen LogP contribution in [0.2, 0.25) is 0 Å². The van der Waals surface area contributed by atoms with Crippen LogP contribution in [0.1, 0.15) is 227 Å². The Morgan fingerprint density at radius 2 is 1.00 bits per heavy atom. The summed E-state index contributed by atoms with van der Waals surface area (Å²) in [5, 5.41) is 9.57. The van der Waals surface area contributed by atoms with E-state index in [1.165, 1.54) is 122 Å². The Morgan fingerprint density at radius 3 is 1.53 bits per heavy atom. The van der Waals surface area contributed by atoms with E-state index in [2.05, 4.69) is 39.5 Å². The SMILES string of the molecule is CCCCCCCCCOC(=O)CCCCCCCN(CCO)CCCCCCC(C)(C)C(=O)OCC(CCCCCCC)CCCCCCC. The van der Waals surface area contributed by atoms with Crippen LogP contribution in [-0.2, 0) is 19.1 Å². The number of rotatable bonds is 40. The fraction of sp³-hybridized carbons (Fsp3) is 0.956. The highest BCUT2D eigenvalue weighted by Gasteiger charge is 2.29. The zero-order valence-electron chi connectivity index (χ0n) is 35.1. The first-order valence-corrected chi connectivity index (χ1v) is 22.5. The molecule has 0 rings (SSSR count). The Hall–Kier alpha value is -1.14. The Bertz CT molecular complexity index is 743. The molecule has 6 heteroatoms. The molecule has 0 aliphatic carbocycles. The normalized spacial score (nSPS) is 11.9. The number of hydrogen-bond donors (Lipinski definition) is 1. The average Bonchev–Trinajstić information content (AvgIpc) is 3.11. The zero-order valence-corrected chi connectivity index (χ0v) is 35.1. The monoisotopic (exact) mass is 724 g/mol. The Kier molecular flexibility index (Phi) is 36.4. The van der Waals surface area contributed by atoms with Crippen molar-refractivity contribution in [3.8, 4) is 0 Å². The van der Waals surface area contributed by atoms with Crippen LogP contribution in [0.4, 0.5) is 0 Å². The fourth-order valence-corrected chi connectivity index (χ4v) is 7.06. The summed E-state index contributed by atoms with van der Waals surface area (Å²) in [6.45, 7) is 15.1. The molecular weight excluding hydrogens is 634 g/mol. The van der Waals surface area contributed by atoms with Gasteiger partial charge in [0.15, 0.2) is 0 Å².